The van der Waals surface area contributed by atoms with E-state index in [0.717, 1.165) is 77.0 Å². The summed E-state index contributed by atoms with van der Waals surface area (Å²) in [4.78, 5) is 16.4. The molecule has 0 radical (unpaired) electrons. The summed E-state index contributed by atoms with van der Waals surface area (Å²) < 4.78 is 6.77. The van der Waals surface area contributed by atoms with Crippen molar-refractivity contribution in [3.8, 4) is 40.1 Å². The highest BCUT2D eigenvalue weighted by molar-refractivity contribution is 6.12. The Morgan fingerprint density at radius 2 is 0.596 bits per heavy atom. The van der Waals surface area contributed by atoms with E-state index in [0.29, 0.717) is 17.7 Å². The van der Waals surface area contributed by atoms with Crippen molar-refractivity contribution in [3.63, 3.8) is 0 Å². The molecule has 12 rings (SSSR count). The van der Waals surface area contributed by atoms with E-state index in [4.69, 9.17) is 15.0 Å². The molecule has 6 heteroatoms. The zero-order valence-electron chi connectivity index (χ0n) is 30.7. The number of rotatable bonds is 5. The van der Waals surface area contributed by atoms with Crippen LogP contribution in [0.2, 0.25) is 0 Å². The molecule has 266 valence electrons. The third-order valence-electron chi connectivity index (χ3n) is 11.3. The standard InChI is InChI=1S/C51H32N6/c1-2-17-33(18-3-1)34-25-16-26-41(48(34)55-42-27-10-4-19-35(42)36-20-5-11-28-43(36)55)49-52-50(56-44-29-12-6-21-37(44)38-22-7-13-30-45(38)56)54-51(53-49)57-46-31-14-8-23-39(46)40-24-9-15-32-47(40)57/h1-32H. The Hall–Kier alpha value is -7.83. The van der Waals surface area contributed by atoms with Crippen molar-refractivity contribution in [1.29, 1.82) is 0 Å². The maximum atomic E-state index is 5.50. The summed E-state index contributed by atoms with van der Waals surface area (Å²) in [6.45, 7) is 0. The quantitative estimate of drug-likeness (QED) is 0.177. The lowest BCUT2D eigenvalue weighted by Gasteiger charge is -2.19. The largest absolute Gasteiger partial charge is 0.308 e. The van der Waals surface area contributed by atoms with E-state index in [1.165, 1.54) is 10.8 Å². The van der Waals surface area contributed by atoms with Crippen LogP contribution in [0.3, 0.4) is 0 Å². The van der Waals surface area contributed by atoms with E-state index in [9.17, 15) is 0 Å². The van der Waals surface area contributed by atoms with Crippen LogP contribution in [0.25, 0.3) is 106 Å². The number of fused-ring (bicyclic) bond motifs is 9. The van der Waals surface area contributed by atoms with Crippen LogP contribution >= 0.6 is 0 Å². The number of benzene rings is 8. The first-order valence-electron chi connectivity index (χ1n) is 19.2. The average molecular weight is 729 g/mol. The van der Waals surface area contributed by atoms with Crippen LogP contribution in [0.1, 0.15) is 0 Å². The van der Waals surface area contributed by atoms with Crippen molar-refractivity contribution in [1.82, 2.24) is 28.7 Å². The maximum absolute atomic E-state index is 5.50. The lowest BCUT2D eigenvalue weighted by Crippen LogP contribution is -2.11. The van der Waals surface area contributed by atoms with Crippen molar-refractivity contribution in [3.05, 3.63) is 194 Å². The van der Waals surface area contributed by atoms with Crippen LogP contribution in [-0.2, 0) is 0 Å². The summed E-state index contributed by atoms with van der Waals surface area (Å²) in [7, 11) is 0. The van der Waals surface area contributed by atoms with Gasteiger partial charge in [0.05, 0.1) is 38.8 Å². The Morgan fingerprint density at radius 1 is 0.263 bits per heavy atom. The molecule has 0 amide bonds. The Bertz CT molecular complexity index is 3240. The van der Waals surface area contributed by atoms with Gasteiger partial charge in [0.25, 0.3) is 0 Å². The molecule has 4 heterocycles. The lowest BCUT2D eigenvalue weighted by atomic mass is 9.99. The van der Waals surface area contributed by atoms with Crippen molar-refractivity contribution in [2.45, 2.75) is 0 Å². The minimum atomic E-state index is 0.549. The Kier molecular flexibility index (Phi) is 6.83. The molecule has 0 unspecified atom stereocenters. The highest BCUT2D eigenvalue weighted by Crippen LogP contribution is 2.41. The average Bonchev–Trinajstić information content (AvgIpc) is 3.92. The van der Waals surface area contributed by atoms with Crippen molar-refractivity contribution < 1.29 is 0 Å². The molecular weight excluding hydrogens is 697 g/mol. The fraction of sp³-hybridized carbons (Fsp3) is 0. The summed E-state index contributed by atoms with van der Waals surface area (Å²) >= 11 is 0. The topological polar surface area (TPSA) is 53.5 Å². The summed E-state index contributed by atoms with van der Waals surface area (Å²) in [5.74, 6) is 1.67. The molecule has 0 bridgehead atoms. The molecule has 0 atom stereocenters. The molecule has 0 spiro atoms. The summed E-state index contributed by atoms with van der Waals surface area (Å²) in [5, 5.41) is 6.95. The van der Waals surface area contributed by atoms with Crippen LogP contribution < -0.4 is 0 Å². The number of aromatic nitrogens is 6. The minimum Gasteiger partial charge on any atom is -0.308 e. The van der Waals surface area contributed by atoms with E-state index < -0.39 is 0 Å². The molecular formula is C51H32N6. The molecule has 12 aromatic rings. The predicted octanol–water partition coefficient (Wildman–Crippen LogP) is 12.5. The first kappa shape index (κ1) is 31.5. The monoisotopic (exact) mass is 728 g/mol. The molecule has 0 saturated heterocycles. The van der Waals surface area contributed by atoms with Gasteiger partial charge >= 0.3 is 0 Å². The van der Waals surface area contributed by atoms with Gasteiger partial charge in [-0.3, -0.25) is 9.13 Å². The van der Waals surface area contributed by atoms with E-state index in [2.05, 4.69) is 208 Å². The molecule has 6 nitrogen and oxygen atoms in total. The van der Waals surface area contributed by atoms with Crippen LogP contribution in [-0.4, -0.2) is 28.7 Å². The van der Waals surface area contributed by atoms with E-state index in [1.54, 1.807) is 0 Å². The minimum absolute atomic E-state index is 0.549. The predicted molar refractivity (Wildman–Crippen MR) is 234 cm³/mol. The van der Waals surface area contributed by atoms with Gasteiger partial charge in [-0.05, 0) is 48.0 Å². The van der Waals surface area contributed by atoms with Gasteiger partial charge in [-0.25, -0.2) is 0 Å². The van der Waals surface area contributed by atoms with Gasteiger partial charge in [-0.2, -0.15) is 15.0 Å². The first-order chi connectivity index (χ1) is 28.3. The van der Waals surface area contributed by atoms with Crippen LogP contribution in [0.15, 0.2) is 194 Å². The summed E-state index contributed by atoms with van der Waals surface area (Å²) in [5.41, 5.74) is 10.4. The van der Waals surface area contributed by atoms with Gasteiger partial charge < -0.3 is 4.57 Å². The number of para-hydroxylation sites is 7. The fourth-order valence-corrected chi connectivity index (χ4v) is 8.93. The number of nitrogens with zero attached hydrogens (tertiary/aromatic N) is 6. The van der Waals surface area contributed by atoms with E-state index in [1.807, 2.05) is 0 Å². The second-order valence-electron chi connectivity index (χ2n) is 14.4. The van der Waals surface area contributed by atoms with E-state index in [-0.39, 0.29) is 0 Å². The van der Waals surface area contributed by atoms with Gasteiger partial charge in [-0.1, -0.05) is 152 Å². The maximum Gasteiger partial charge on any atom is 0.240 e. The molecule has 57 heavy (non-hydrogen) atoms. The van der Waals surface area contributed by atoms with Crippen LogP contribution in [0, 0.1) is 0 Å². The SMILES string of the molecule is c1ccc(-c2cccc(-c3nc(-n4c5ccccc5c5ccccc54)nc(-n4c5ccccc5c5ccccc54)n3)c2-n2c3ccccc3c3ccccc32)cc1. The summed E-state index contributed by atoms with van der Waals surface area (Å²) in [6, 6.07) is 68.4. The normalized spacial score (nSPS) is 11.9. The van der Waals surface area contributed by atoms with Crippen molar-refractivity contribution in [2.75, 3.05) is 0 Å². The Morgan fingerprint density at radius 3 is 1.00 bits per heavy atom. The van der Waals surface area contributed by atoms with Crippen LogP contribution in [0.5, 0.6) is 0 Å². The number of hydrogen-bond acceptors (Lipinski definition) is 3. The highest BCUT2D eigenvalue weighted by atomic mass is 15.3. The van der Waals surface area contributed by atoms with E-state index >= 15 is 0 Å². The molecule has 8 aromatic carbocycles. The lowest BCUT2D eigenvalue weighted by molar-refractivity contribution is 0.892. The van der Waals surface area contributed by atoms with Gasteiger partial charge in [0, 0.05) is 43.4 Å². The first-order valence-corrected chi connectivity index (χ1v) is 19.2. The van der Waals surface area contributed by atoms with Gasteiger partial charge in [0.2, 0.25) is 11.9 Å². The highest BCUT2D eigenvalue weighted by Gasteiger charge is 2.24. The zero-order chi connectivity index (χ0) is 37.5. The molecule has 0 saturated carbocycles. The molecule has 4 aromatic heterocycles. The molecule has 0 aliphatic rings. The Balaban J connectivity index is 1.25. The number of hydrogen-bond donors (Lipinski definition) is 0. The third kappa shape index (κ3) is 4.68. The smallest absolute Gasteiger partial charge is 0.240 e. The Labute approximate surface area is 327 Å². The third-order valence-corrected chi connectivity index (χ3v) is 11.3. The molecule has 0 fully saturated rings. The zero-order valence-corrected chi connectivity index (χ0v) is 30.7. The molecule has 0 aliphatic carbocycles. The van der Waals surface area contributed by atoms with Gasteiger partial charge in [0.1, 0.15) is 0 Å². The van der Waals surface area contributed by atoms with Gasteiger partial charge in [0.15, 0.2) is 5.82 Å². The second kappa shape index (κ2) is 12.3. The van der Waals surface area contributed by atoms with Crippen LogP contribution in [0.4, 0.5) is 0 Å². The second-order valence-corrected chi connectivity index (χ2v) is 14.4. The molecule has 0 N–H and O–H groups in total. The molecule has 0 aliphatic heterocycles. The summed E-state index contributed by atoms with van der Waals surface area (Å²) in [6.07, 6.45) is 0. The fourth-order valence-electron chi connectivity index (χ4n) is 8.93. The van der Waals surface area contributed by atoms with Crippen molar-refractivity contribution >= 4 is 65.4 Å². The van der Waals surface area contributed by atoms with Gasteiger partial charge in [-0.15, -0.1) is 0 Å². The van der Waals surface area contributed by atoms with Crippen molar-refractivity contribution in [2.24, 2.45) is 0 Å².